The van der Waals surface area contributed by atoms with Crippen LogP contribution in [0.4, 0.5) is 5.69 Å². The first-order chi connectivity index (χ1) is 9.05. The van der Waals surface area contributed by atoms with Crippen LogP contribution in [0.15, 0.2) is 29.1 Å². The SMILES string of the molecule is CCC1(C)Nc2ccccc2-c2nc(=O)c(C)nn21. The van der Waals surface area contributed by atoms with Gasteiger partial charge in [0.15, 0.2) is 5.82 Å². The van der Waals surface area contributed by atoms with Gasteiger partial charge in [0.25, 0.3) is 5.56 Å². The fraction of sp³-hybridized carbons (Fsp3) is 0.357. The summed E-state index contributed by atoms with van der Waals surface area (Å²) in [7, 11) is 0. The van der Waals surface area contributed by atoms with Crippen molar-refractivity contribution in [2.45, 2.75) is 32.9 Å². The Labute approximate surface area is 111 Å². The summed E-state index contributed by atoms with van der Waals surface area (Å²) in [4.78, 5) is 16.0. The zero-order chi connectivity index (χ0) is 13.6. The van der Waals surface area contributed by atoms with Crippen molar-refractivity contribution in [1.82, 2.24) is 14.8 Å². The van der Waals surface area contributed by atoms with E-state index in [1.807, 2.05) is 28.9 Å². The third kappa shape index (κ3) is 1.65. The number of aryl methyl sites for hydroxylation is 1. The molecule has 0 amide bonds. The summed E-state index contributed by atoms with van der Waals surface area (Å²) in [5.74, 6) is 0.634. The number of benzene rings is 1. The quantitative estimate of drug-likeness (QED) is 0.849. The molecule has 0 bridgehead atoms. The molecule has 0 saturated carbocycles. The van der Waals surface area contributed by atoms with Crippen molar-refractivity contribution in [2.75, 3.05) is 5.32 Å². The molecule has 3 rings (SSSR count). The smallest absolute Gasteiger partial charge is 0.294 e. The lowest BCUT2D eigenvalue weighted by Crippen LogP contribution is -2.44. The Hall–Kier alpha value is -2.17. The van der Waals surface area contributed by atoms with Crippen LogP contribution in [0, 0.1) is 6.92 Å². The summed E-state index contributed by atoms with van der Waals surface area (Å²) in [6, 6.07) is 7.86. The highest BCUT2D eigenvalue weighted by molar-refractivity contribution is 5.76. The van der Waals surface area contributed by atoms with E-state index in [0.717, 1.165) is 17.7 Å². The van der Waals surface area contributed by atoms with E-state index in [1.54, 1.807) is 6.92 Å². The standard InChI is InChI=1S/C14H16N4O/c1-4-14(3)16-11-8-6-5-7-10(11)12-15-13(19)9(2)17-18(12)14/h5-8,16H,4H2,1-3H3. The van der Waals surface area contributed by atoms with E-state index in [1.165, 1.54) is 0 Å². The highest BCUT2D eigenvalue weighted by atomic mass is 16.1. The molecule has 5 heteroatoms. The van der Waals surface area contributed by atoms with Crippen molar-refractivity contribution < 1.29 is 0 Å². The molecule has 2 aromatic rings. The summed E-state index contributed by atoms with van der Waals surface area (Å²) in [6.07, 6.45) is 0.839. The maximum absolute atomic E-state index is 11.8. The normalized spacial score (nSPS) is 20.4. The Bertz CT molecular complexity index is 707. The average Bonchev–Trinajstić information content (AvgIpc) is 2.41. The van der Waals surface area contributed by atoms with Crippen LogP contribution in [0.2, 0.25) is 0 Å². The molecule has 1 unspecified atom stereocenters. The van der Waals surface area contributed by atoms with E-state index >= 15 is 0 Å². The van der Waals surface area contributed by atoms with Crippen LogP contribution >= 0.6 is 0 Å². The molecule has 0 spiro atoms. The second-order valence-electron chi connectivity index (χ2n) is 5.04. The number of fused-ring (bicyclic) bond motifs is 3. The summed E-state index contributed by atoms with van der Waals surface area (Å²) < 4.78 is 1.83. The summed E-state index contributed by atoms with van der Waals surface area (Å²) in [5.41, 5.74) is 1.70. The van der Waals surface area contributed by atoms with Gasteiger partial charge < -0.3 is 5.32 Å². The summed E-state index contributed by atoms with van der Waals surface area (Å²) in [6.45, 7) is 5.84. The van der Waals surface area contributed by atoms with Gasteiger partial charge in [0.05, 0.1) is 0 Å². The van der Waals surface area contributed by atoms with E-state index in [9.17, 15) is 4.79 Å². The lowest BCUT2D eigenvalue weighted by Gasteiger charge is -2.38. The molecule has 1 atom stereocenters. The van der Waals surface area contributed by atoms with Gasteiger partial charge in [-0.05, 0) is 32.4 Å². The Morgan fingerprint density at radius 1 is 1.37 bits per heavy atom. The molecule has 0 radical (unpaired) electrons. The first-order valence-electron chi connectivity index (χ1n) is 6.41. The molecule has 1 N–H and O–H groups in total. The van der Waals surface area contributed by atoms with Crippen molar-refractivity contribution in [1.29, 1.82) is 0 Å². The predicted molar refractivity (Wildman–Crippen MR) is 74.0 cm³/mol. The fourth-order valence-corrected chi connectivity index (χ4v) is 2.35. The van der Waals surface area contributed by atoms with Gasteiger partial charge in [0.1, 0.15) is 11.4 Å². The molecular formula is C14H16N4O. The molecule has 5 nitrogen and oxygen atoms in total. The lowest BCUT2D eigenvalue weighted by molar-refractivity contribution is 0.308. The number of para-hydroxylation sites is 1. The number of aromatic nitrogens is 3. The maximum Gasteiger partial charge on any atom is 0.294 e. The number of nitrogens with zero attached hydrogens (tertiary/aromatic N) is 3. The molecule has 1 aromatic heterocycles. The minimum absolute atomic E-state index is 0.263. The van der Waals surface area contributed by atoms with E-state index < -0.39 is 0 Å². The topological polar surface area (TPSA) is 59.8 Å². The van der Waals surface area contributed by atoms with Crippen LogP contribution in [0.5, 0.6) is 0 Å². The molecule has 1 aliphatic heterocycles. The zero-order valence-electron chi connectivity index (χ0n) is 11.3. The Kier molecular flexibility index (Phi) is 2.45. The van der Waals surface area contributed by atoms with Gasteiger partial charge in [-0.15, -0.1) is 0 Å². The molecule has 19 heavy (non-hydrogen) atoms. The van der Waals surface area contributed by atoms with Gasteiger partial charge >= 0.3 is 0 Å². The van der Waals surface area contributed by atoms with Crippen LogP contribution in [0.1, 0.15) is 26.0 Å². The lowest BCUT2D eigenvalue weighted by atomic mass is 10.0. The van der Waals surface area contributed by atoms with Crippen LogP contribution in [0.25, 0.3) is 11.4 Å². The van der Waals surface area contributed by atoms with Crippen molar-refractivity contribution in [3.63, 3.8) is 0 Å². The first kappa shape index (κ1) is 11.9. The third-order valence-corrected chi connectivity index (χ3v) is 3.70. The number of hydrogen-bond donors (Lipinski definition) is 1. The van der Waals surface area contributed by atoms with Gasteiger partial charge in [0, 0.05) is 11.3 Å². The summed E-state index contributed by atoms with van der Waals surface area (Å²) >= 11 is 0. The van der Waals surface area contributed by atoms with Gasteiger partial charge in [-0.2, -0.15) is 10.1 Å². The fourth-order valence-electron chi connectivity index (χ4n) is 2.35. The van der Waals surface area contributed by atoms with Crippen LogP contribution in [-0.2, 0) is 5.66 Å². The van der Waals surface area contributed by atoms with Crippen molar-refractivity contribution in [2.24, 2.45) is 0 Å². The number of rotatable bonds is 1. The van der Waals surface area contributed by atoms with Crippen molar-refractivity contribution in [3.05, 3.63) is 40.3 Å². The highest BCUT2D eigenvalue weighted by Crippen LogP contribution is 2.37. The largest absolute Gasteiger partial charge is 0.361 e. The van der Waals surface area contributed by atoms with Crippen LogP contribution < -0.4 is 10.9 Å². The molecule has 0 aliphatic carbocycles. The second kappa shape index (κ2) is 3.91. The third-order valence-electron chi connectivity index (χ3n) is 3.70. The molecule has 1 aliphatic rings. The highest BCUT2D eigenvalue weighted by Gasteiger charge is 2.34. The summed E-state index contributed by atoms with van der Waals surface area (Å²) in [5, 5.41) is 7.90. The first-order valence-corrected chi connectivity index (χ1v) is 6.41. The van der Waals surface area contributed by atoms with E-state index in [-0.39, 0.29) is 11.2 Å². The van der Waals surface area contributed by atoms with Crippen LogP contribution in [0.3, 0.4) is 0 Å². The van der Waals surface area contributed by atoms with Crippen molar-refractivity contribution >= 4 is 5.69 Å². The molecule has 2 heterocycles. The molecular weight excluding hydrogens is 240 g/mol. The average molecular weight is 256 g/mol. The van der Waals surface area contributed by atoms with E-state index in [0.29, 0.717) is 11.5 Å². The maximum atomic E-state index is 11.8. The van der Waals surface area contributed by atoms with Gasteiger partial charge in [-0.3, -0.25) is 4.79 Å². The van der Waals surface area contributed by atoms with E-state index in [2.05, 4.69) is 29.2 Å². The number of anilines is 1. The van der Waals surface area contributed by atoms with Gasteiger partial charge in [0.2, 0.25) is 0 Å². The van der Waals surface area contributed by atoms with Crippen LogP contribution in [-0.4, -0.2) is 14.8 Å². The van der Waals surface area contributed by atoms with Crippen molar-refractivity contribution in [3.8, 4) is 11.4 Å². The molecule has 98 valence electrons. The van der Waals surface area contributed by atoms with Gasteiger partial charge in [-0.1, -0.05) is 19.1 Å². The number of hydrogen-bond acceptors (Lipinski definition) is 4. The Morgan fingerprint density at radius 3 is 2.84 bits per heavy atom. The zero-order valence-corrected chi connectivity index (χ0v) is 11.3. The van der Waals surface area contributed by atoms with Gasteiger partial charge in [-0.25, -0.2) is 4.68 Å². The molecule has 0 fully saturated rings. The monoisotopic (exact) mass is 256 g/mol. The molecule has 0 saturated heterocycles. The predicted octanol–water partition coefficient (Wildman–Crippen LogP) is 2.12. The number of nitrogens with one attached hydrogen (secondary N) is 1. The molecule has 1 aromatic carbocycles. The Morgan fingerprint density at radius 2 is 2.11 bits per heavy atom. The minimum atomic E-state index is -0.366. The second-order valence-corrected chi connectivity index (χ2v) is 5.04. The van der Waals surface area contributed by atoms with E-state index in [4.69, 9.17) is 0 Å². The minimum Gasteiger partial charge on any atom is -0.361 e. The Balaban J connectivity index is 2.37.